The molecule has 1 amide bonds. The second-order valence-electron chi connectivity index (χ2n) is 5.40. The lowest BCUT2D eigenvalue weighted by Crippen LogP contribution is -2.51. The van der Waals surface area contributed by atoms with E-state index in [2.05, 4.69) is 15.2 Å². The first-order valence-corrected chi connectivity index (χ1v) is 7.15. The van der Waals surface area contributed by atoms with Gasteiger partial charge < -0.3 is 9.64 Å². The third-order valence-electron chi connectivity index (χ3n) is 4.01. The number of amides is 1. The van der Waals surface area contributed by atoms with E-state index in [0.29, 0.717) is 0 Å². The van der Waals surface area contributed by atoms with Crippen molar-refractivity contribution in [3.05, 3.63) is 11.4 Å². The van der Waals surface area contributed by atoms with Crippen LogP contribution in [0.4, 0.5) is 0 Å². The largest absolute Gasteiger partial charge is 0.368 e. The number of rotatable bonds is 3. The van der Waals surface area contributed by atoms with E-state index >= 15 is 0 Å². The molecule has 20 heavy (non-hydrogen) atoms. The van der Waals surface area contributed by atoms with Crippen molar-refractivity contribution in [2.24, 2.45) is 0 Å². The summed E-state index contributed by atoms with van der Waals surface area (Å²) in [4.78, 5) is 16.4. The number of nitrogens with zero attached hydrogens (tertiary/aromatic N) is 4. The number of piperazine rings is 1. The van der Waals surface area contributed by atoms with Crippen LogP contribution in [0.5, 0.6) is 0 Å². The Kier molecular flexibility index (Phi) is 3.98. The Morgan fingerprint density at radius 3 is 2.70 bits per heavy atom. The molecule has 0 saturated carbocycles. The highest BCUT2D eigenvalue weighted by Gasteiger charge is 2.30. The number of carbonyl (C=O) groups is 1. The van der Waals surface area contributed by atoms with E-state index in [1.165, 1.54) is 0 Å². The molecule has 110 valence electrons. The number of aromatic nitrogens is 2. The van der Waals surface area contributed by atoms with Gasteiger partial charge in [-0.15, -0.1) is 0 Å². The van der Waals surface area contributed by atoms with Crippen LogP contribution in [0, 0.1) is 6.92 Å². The Bertz CT molecular complexity index is 462. The van der Waals surface area contributed by atoms with Crippen LogP contribution in [0.3, 0.4) is 0 Å². The SMILES string of the molecule is Cc1nonc1CN1CCN(C(=O)C2CCCO2)CC1. The fourth-order valence-corrected chi connectivity index (χ4v) is 2.71. The summed E-state index contributed by atoms with van der Waals surface area (Å²) in [5.74, 6) is 0.154. The van der Waals surface area contributed by atoms with Gasteiger partial charge in [-0.1, -0.05) is 10.3 Å². The predicted molar refractivity (Wildman–Crippen MR) is 69.9 cm³/mol. The van der Waals surface area contributed by atoms with Crippen molar-refractivity contribution >= 4 is 5.91 Å². The molecule has 0 spiro atoms. The molecule has 0 N–H and O–H groups in total. The van der Waals surface area contributed by atoms with Crippen molar-refractivity contribution in [2.45, 2.75) is 32.4 Å². The van der Waals surface area contributed by atoms with Crippen LogP contribution in [0.2, 0.25) is 0 Å². The first kappa shape index (κ1) is 13.5. The van der Waals surface area contributed by atoms with E-state index in [9.17, 15) is 4.79 Å². The number of ether oxygens (including phenoxy) is 1. The molecule has 0 aliphatic carbocycles. The highest BCUT2D eigenvalue weighted by Crippen LogP contribution is 2.16. The van der Waals surface area contributed by atoms with Gasteiger partial charge >= 0.3 is 0 Å². The zero-order chi connectivity index (χ0) is 13.9. The van der Waals surface area contributed by atoms with Gasteiger partial charge in [-0.2, -0.15) is 0 Å². The maximum absolute atomic E-state index is 12.2. The Morgan fingerprint density at radius 2 is 2.10 bits per heavy atom. The van der Waals surface area contributed by atoms with Gasteiger partial charge in [-0.25, -0.2) is 4.63 Å². The predicted octanol–water partition coefficient (Wildman–Crippen LogP) is 0.201. The second kappa shape index (κ2) is 5.88. The number of aryl methyl sites for hydroxylation is 1. The lowest BCUT2D eigenvalue weighted by molar-refractivity contribution is -0.142. The monoisotopic (exact) mass is 280 g/mol. The van der Waals surface area contributed by atoms with Gasteiger partial charge in [-0.3, -0.25) is 9.69 Å². The third kappa shape index (κ3) is 2.83. The van der Waals surface area contributed by atoms with E-state index in [-0.39, 0.29) is 12.0 Å². The van der Waals surface area contributed by atoms with Crippen molar-refractivity contribution in [1.29, 1.82) is 0 Å². The minimum atomic E-state index is -0.205. The lowest BCUT2D eigenvalue weighted by Gasteiger charge is -2.35. The average molecular weight is 280 g/mol. The molecule has 1 aromatic rings. The molecular formula is C13H20N4O3. The van der Waals surface area contributed by atoms with Crippen molar-refractivity contribution < 1.29 is 14.2 Å². The Balaban J connectivity index is 1.49. The van der Waals surface area contributed by atoms with Gasteiger partial charge in [0.05, 0.1) is 0 Å². The van der Waals surface area contributed by atoms with E-state index in [0.717, 1.165) is 63.6 Å². The van der Waals surface area contributed by atoms with Crippen LogP contribution < -0.4 is 0 Å². The normalized spacial score (nSPS) is 24.2. The first-order chi connectivity index (χ1) is 9.74. The Hall–Kier alpha value is -1.47. The molecule has 3 rings (SSSR count). The van der Waals surface area contributed by atoms with Crippen LogP contribution in [-0.2, 0) is 16.1 Å². The van der Waals surface area contributed by atoms with Crippen LogP contribution in [0.25, 0.3) is 0 Å². The van der Waals surface area contributed by atoms with E-state index in [4.69, 9.17) is 9.37 Å². The van der Waals surface area contributed by atoms with Gasteiger partial charge in [0.15, 0.2) is 0 Å². The zero-order valence-corrected chi connectivity index (χ0v) is 11.7. The second-order valence-corrected chi connectivity index (χ2v) is 5.40. The highest BCUT2D eigenvalue weighted by atomic mass is 16.6. The number of hydrogen-bond donors (Lipinski definition) is 0. The molecule has 0 bridgehead atoms. The first-order valence-electron chi connectivity index (χ1n) is 7.15. The maximum atomic E-state index is 12.2. The highest BCUT2D eigenvalue weighted by molar-refractivity contribution is 5.81. The van der Waals surface area contributed by atoms with Crippen LogP contribution in [0.15, 0.2) is 4.63 Å². The molecule has 1 aromatic heterocycles. The fourth-order valence-electron chi connectivity index (χ4n) is 2.71. The van der Waals surface area contributed by atoms with Gasteiger partial charge in [0.2, 0.25) is 0 Å². The van der Waals surface area contributed by atoms with Gasteiger partial charge in [0, 0.05) is 39.3 Å². The maximum Gasteiger partial charge on any atom is 0.251 e. The molecule has 1 unspecified atom stereocenters. The molecule has 7 heteroatoms. The quantitative estimate of drug-likeness (QED) is 0.787. The molecule has 0 aromatic carbocycles. The van der Waals surface area contributed by atoms with E-state index < -0.39 is 0 Å². The van der Waals surface area contributed by atoms with Crippen molar-refractivity contribution in [3.63, 3.8) is 0 Å². The Labute approximate surface area is 117 Å². The molecule has 2 aliphatic rings. The van der Waals surface area contributed by atoms with Crippen molar-refractivity contribution in [3.8, 4) is 0 Å². The average Bonchev–Trinajstić information content (AvgIpc) is 3.12. The van der Waals surface area contributed by atoms with Crippen molar-refractivity contribution in [1.82, 2.24) is 20.1 Å². The van der Waals surface area contributed by atoms with Crippen LogP contribution in [0.1, 0.15) is 24.2 Å². The summed E-state index contributed by atoms with van der Waals surface area (Å²) in [6.07, 6.45) is 1.65. The summed E-state index contributed by atoms with van der Waals surface area (Å²) in [6, 6.07) is 0. The molecule has 3 heterocycles. The molecule has 2 aliphatic heterocycles. The van der Waals surface area contributed by atoms with E-state index in [1.807, 2.05) is 11.8 Å². The molecule has 0 radical (unpaired) electrons. The minimum absolute atomic E-state index is 0.154. The fraction of sp³-hybridized carbons (Fsp3) is 0.769. The van der Waals surface area contributed by atoms with Crippen LogP contribution >= 0.6 is 0 Å². The summed E-state index contributed by atoms with van der Waals surface area (Å²) in [5, 5.41) is 7.68. The molecular weight excluding hydrogens is 260 g/mol. The third-order valence-corrected chi connectivity index (χ3v) is 4.01. The van der Waals surface area contributed by atoms with E-state index in [1.54, 1.807) is 0 Å². The smallest absolute Gasteiger partial charge is 0.251 e. The Morgan fingerprint density at radius 1 is 1.30 bits per heavy atom. The minimum Gasteiger partial charge on any atom is -0.368 e. The summed E-state index contributed by atoms with van der Waals surface area (Å²) < 4.78 is 10.2. The molecule has 1 atom stereocenters. The van der Waals surface area contributed by atoms with Gasteiger partial charge in [-0.05, 0) is 19.8 Å². The van der Waals surface area contributed by atoms with Gasteiger partial charge in [0.25, 0.3) is 5.91 Å². The molecule has 2 fully saturated rings. The molecule has 2 saturated heterocycles. The topological polar surface area (TPSA) is 71.7 Å². The van der Waals surface area contributed by atoms with Crippen LogP contribution in [-0.4, -0.2) is 64.9 Å². The van der Waals surface area contributed by atoms with Crippen molar-refractivity contribution in [2.75, 3.05) is 32.8 Å². The standard InChI is InChI=1S/C13H20N4O3/c1-10-11(15-20-14-10)9-16-4-6-17(7-5-16)13(18)12-3-2-8-19-12/h12H,2-9H2,1H3. The number of hydrogen-bond acceptors (Lipinski definition) is 6. The lowest BCUT2D eigenvalue weighted by atomic mass is 10.2. The summed E-state index contributed by atoms with van der Waals surface area (Å²) in [5.41, 5.74) is 1.71. The number of carbonyl (C=O) groups excluding carboxylic acids is 1. The zero-order valence-electron chi connectivity index (χ0n) is 11.7. The summed E-state index contributed by atoms with van der Waals surface area (Å²) in [7, 11) is 0. The summed E-state index contributed by atoms with van der Waals surface area (Å²) >= 11 is 0. The van der Waals surface area contributed by atoms with Gasteiger partial charge in [0.1, 0.15) is 17.5 Å². The summed E-state index contributed by atoms with van der Waals surface area (Å²) in [6.45, 7) is 6.55. The molecule has 7 nitrogen and oxygen atoms in total.